The first-order valence-corrected chi connectivity index (χ1v) is 4.99. The van der Waals surface area contributed by atoms with Crippen LogP contribution in [-0.2, 0) is 0 Å². The maximum atomic E-state index is 11.8. The highest BCUT2D eigenvalue weighted by Gasteiger charge is 2.20. The largest absolute Gasteiger partial charge is 0.397 e. The number of carbonyl (C=O) groups excluding carboxylic acids is 1. The van der Waals surface area contributed by atoms with Gasteiger partial charge in [-0.1, -0.05) is 6.92 Å². The van der Waals surface area contributed by atoms with Crippen LogP contribution in [-0.4, -0.2) is 16.4 Å². The van der Waals surface area contributed by atoms with Crippen LogP contribution < -0.4 is 11.1 Å². The third-order valence-corrected chi connectivity index (χ3v) is 2.39. The molecular weight excluding hydrogens is 190 g/mol. The van der Waals surface area contributed by atoms with Crippen LogP contribution in [0.4, 0.5) is 5.69 Å². The molecule has 0 saturated carbocycles. The summed E-state index contributed by atoms with van der Waals surface area (Å²) in [6.07, 6.45) is 2.41. The number of nitrogens with zero attached hydrogens (tertiary/aromatic N) is 1. The monoisotopic (exact) mass is 207 g/mol. The molecule has 1 aromatic rings. The van der Waals surface area contributed by atoms with Crippen LogP contribution in [0.1, 0.15) is 37.7 Å². The zero-order valence-electron chi connectivity index (χ0n) is 9.37. The van der Waals surface area contributed by atoms with Crippen molar-refractivity contribution in [2.24, 2.45) is 0 Å². The van der Waals surface area contributed by atoms with Crippen molar-refractivity contribution < 1.29 is 4.79 Å². The standard InChI is InChI=1S/C11H17N3O/c1-4-11(2,3)14-10(15)9-8(12)6-5-7-13-9/h5-7H,4,12H2,1-3H3,(H,14,15). The molecule has 0 unspecified atom stereocenters. The van der Waals surface area contributed by atoms with Gasteiger partial charge < -0.3 is 11.1 Å². The number of nitrogens with one attached hydrogen (secondary N) is 1. The minimum absolute atomic E-state index is 0.222. The highest BCUT2D eigenvalue weighted by atomic mass is 16.2. The van der Waals surface area contributed by atoms with E-state index >= 15 is 0 Å². The highest BCUT2D eigenvalue weighted by molar-refractivity contribution is 5.97. The van der Waals surface area contributed by atoms with Crippen molar-refractivity contribution in [1.29, 1.82) is 0 Å². The Hall–Kier alpha value is -1.58. The molecule has 0 bridgehead atoms. The van der Waals surface area contributed by atoms with E-state index in [1.54, 1.807) is 18.3 Å². The van der Waals surface area contributed by atoms with Crippen molar-refractivity contribution in [3.8, 4) is 0 Å². The Morgan fingerprint density at radius 1 is 1.60 bits per heavy atom. The van der Waals surface area contributed by atoms with Gasteiger partial charge in [0.2, 0.25) is 0 Å². The van der Waals surface area contributed by atoms with Crippen LogP contribution in [0, 0.1) is 0 Å². The first-order chi connectivity index (χ1) is 6.96. The number of hydrogen-bond donors (Lipinski definition) is 2. The number of rotatable bonds is 3. The van der Waals surface area contributed by atoms with Crippen molar-refractivity contribution in [2.75, 3.05) is 5.73 Å². The van der Waals surface area contributed by atoms with E-state index in [4.69, 9.17) is 5.73 Å². The molecule has 0 atom stereocenters. The molecule has 0 aromatic carbocycles. The molecule has 0 aliphatic heterocycles. The fourth-order valence-corrected chi connectivity index (χ4v) is 1.06. The van der Waals surface area contributed by atoms with Gasteiger partial charge in [0, 0.05) is 11.7 Å². The van der Waals surface area contributed by atoms with E-state index in [0.717, 1.165) is 6.42 Å². The second-order valence-electron chi connectivity index (χ2n) is 4.13. The molecule has 4 nitrogen and oxygen atoms in total. The molecule has 1 amide bonds. The molecule has 0 aliphatic rings. The van der Waals surface area contributed by atoms with Gasteiger partial charge >= 0.3 is 0 Å². The number of carbonyl (C=O) groups is 1. The molecular formula is C11H17N3O. The normalized spacial score (nSPS) is 11.1. The van der Waals surface area contributed by atoms with E-state index in [0.29, 0.717) is 11.4 Å². The van der Waals surface area contributed by atoms with Crippen LogP contribution in [0.25, 0.3) is 0 Å². The SMILES string of the molecule is CCC(C)(C)NC(=O)c1ncccc1N. The highest BCUT2D eigenvalue weighted by Crippen LogP contribution is 2.11. The summed E-state index contributed by atoms with van der Waals surface area (Å²) in [5.74, 6) is -0.222. The average Bonchev–Trinajstić information content (AvgIpc) is 2.17. The maximum absolute atomic E-state index is 11.8. The number of nitrogens with two attached hydrogens (primary N) is 1. The van der Waals surface area contributed by atoms with Crippen LogP contribution in [0.3, 0.4) is 0 Å². The molecule has 1 heterocycles. The third kappa shape index (κ3) is 2.94. The fourth-order valence-electron chi connectivity index (χ4n) is 1.06. The molecule has 0 aliphatic carbocycles. The lowest BCUT2D eigenvalue weighted by molar-refractivity contribution is 0.0907. The molecule has 1 rings (SSSR count). The van der Waals surface area contributed by atoms with Crippen LogP contribution >= 0.6 is 0 Å². The predicted molar refractivity (Wildman–Crippen MR) is 60.5 cm³/mol. The first kappa shape index (κ1) is 11.5. The minimum atomic E-state index is -0.235. The Morgan fingerprint density at radius 3 is 2.80 bits per heavy atom. The Morgan fingerprint density at radius 2 is 2.27 bits per heavy atom. The summed E-state index contributed by atoms with van der Waals surface area (Å²) in [6.45, 7) is 5.94. The minimum Gasteiger partial charge on any atom is -0.397 e. The molecule has 0 saturated heterocycles. The Bertz CT molecular complexity index is 361. The van der Waals surface area contributed by atoms with Crippen LogP contribution in [0.2, 0.25) is 0 Å². The lowest BCUT2D eigenvalue weighted by Crippen LogP contribution is -2.43. The van der Waals surface area contributed by atoms with Crippen molar-refractivity contribution in [1.82, 2.24) is 10.3 Å². The smallest absolute Gasteiger partial charge is 0.272 e. The molecule has 0 spiro atoms. The zero-order valence-corrected chi connectivity index (χ0v) is 9.37. The number of amides is 1. The lowest BCUT2D eigenvalue weighted by atomic mass is 10.0. The maximum Gasteiger partial charge on any atom is 0.272 e. The lowest BCUT2D eigenvalue weighted by Gasteiger charge is -2.24. The van der Waals surface area contributed by atoms with Crippen molar-refractivity contribution in [2.45, 2.75) is 32.7 Å². The van der Waals surface area contributed by atoms with E-state index in [1.807, 2.05) is 20.8 Å². The van der Waals surface area contributed by atoms with E-state index in [1.165, 1.54) is 0 Å². The Labute approximate surface area is 89.9 Å². The van der Waals surface area contributed by atoms with Crippen LogP contribution in [0.15, 0.2) is 18.3 Å². The summed E-state index contributed by atoms with van der Waals surface area (Å²) in [6, 6.07) is 3.37. The van der Waals surface area contributed by atoms with Crippen LogP contribution in [0.5, 0.6) is 0 Å². The van der Waals surface area contributed by atoms with Gasteiger partial charge in [-0.2, -0.15) is 0 Å². The van der Waals surface area contributed by atoms with Gasteiger partial charge in [-0.05, 0) is 32.4 Å². The fraction of sp³-hybridized carbons (Fsp3) is 0.455. The van der Waals surface area contributed by atoms with Gasteiger partial charge in [-0.15, -0.1) is 0 Å². The van der Waals surface area contributed by atoms with E-state index < -0.39 is 0 Å². The summed E-state index contributed by atoms with van der Waals surface area (Å²) >= 11 is 0. The van der Waals surface area contributed by atoms with E-state index in [-0.39, 0.29) is 11.4 Å². The quantitative estimate of drug-likeness (QED) is 0.790. The van der Waals surface area contributed by atoms with Gasteiger partial charge in [-0.25, -0.2) is 4.98 Å². The van der Waals surface area contributed by atoms with Gasteiger partial charge in [-0.3, -0.25) is 4.79 Å². The molecule has 0 radical (unpaired) electrons. The van der Waals surface area contributed by atoms with Crippen molar-refractivity contribution in [3.05, 3.63) is 24.0 Å². The first-order valence-electron chi connectivity index (χ1n) is 4.99. The van der Waals surface area contributed by atoms with Crippen molar-refractivity contribution >= 4 is 11.6 Å². The number of pyridine rings is 1. The Kier molecular flexibility index (Phi) is 3.29. The van der Waals surface area contributed by atoms with Gasteiger partial charge in [0.25, 0.3) is 5.91 Å². The summed E-state index contributed by atoms with van der Waals surface area (Å²) in [7, 11) is 0. The zero-order chi connectivity index (χ0) is 11.5. The molecule has 4 heteroatoms. The van der Waals surface area contributed by atoms with Gasteiger partial charge in [0.05, 0.1) is 5.69 Å². The van der Waals surface area contributed by atoms with E-state index in [9.17, 15) is 4.79 Å². The van der Waals surface area contributed by atoms with Gasteiger partial charge in [0.15, 0.2) is 5.69 Å². The second kappa shape index (κ2) is 4.29. The van der Waals surface area contributed by atoms with E-state index in [2.05, 4.69) is 10.3 Å². The number of anilines is 1. The summed E-state index contributed by atoms with van der Waals surface area (Å²) in [5, 5.41) is 2.88. The van der Waals surface area contributed by atoms with Gasteiger partial charge in [0.1, 0.15) is 0 Å². The van der Waals surface area contributed by atoms with Crippen molar-refractivity contribution in [3.63, 3.8) is 0 Å². The number of hydrogen-bond acceptors (Lipinski definition) is 3. The molecule has 3 N–H and O–H groups in total. The second-order valence-corrected chi connectivity index (χ2v) is 4.13. The number of aromatic nitrogens is 1. The third-order valence-electron chi connectivity index (χ3n) is 2.39. The molecule has 82 valence electrons. The summed E-state index contributed by atoms with van der Waals surface area (Å²) in [5.41, 5.74) is 6.12. The summed E-state index contributed by atoms with van der Waals surface area (Å²) in [4.78, 5) is 15.7. The molecule has 15 heavy (non-hydrogen) atoms. The average molecular weight is 207 g/mol. The number of nitrogen functional groups attached to an aromatic ring is 1. The molecule has 1 aromatic heterocycles. The molecule has 0 fully saturated rings. The Balaban J connectivity index is 2.83. The summed E-state index contributed by atoms with van der Waals surface area (Å²) < 4.78 is 0. The topological polar surface area (TPSA) is 68.0 Å². The predicted octanol–water partition coefficient (Wildman–Crippen LogP) is 1.58.